The first-order valence-electron chi connectivity index (χ1n) is 9.50. The summed E-state index contributed by atoms with van der Waals surface area (Å²) in [5, 5.41) is 8.83. The van der Waals surface area contributed by atoms with E-state index in [0.717, 1.165) is 28.3 Å². The van der Waals surface area contributed by atoms with Crippen LogP contribution in [0.3, 0.4) is 0 Å². The predicted octanol–water partition coefficient (Wildman–Crippen LogP) is 3.95. The van der Waals surface area contributed by atoms with Gasteiger partial charge < -0.3 is 4.90 Å². The van der Waals surface area contributed by atoms with Gasteiger partial charge in [-0.2, -0.15) is 10.2 Å². The van der Waals surface area contributed by atoms with Crippen molar-refractivity contribution >= 4 is 5.91 Å². The van der Waals surface area contributed by atoms with Crippen molar-refractivity contribution in [2.24, 2.45) is 0 Å². The number of amides is 1. The van der Waals surface area contributed by atoms with Gasteiger partial charge in [-0.05, 0) is 49.7 Å². The van der Waals surface area contributed by atoms with Crippen LogP contribution in [0.25, 0.3) is 11.4 Å². The van der Waals surface area contributed by atoms with Crippen LogP contribution in [0.2, 0.25) is 0 Å². The summed E-state index contributed by atoms with van der Waals surface area (Å²) in [7, 11) is 1.82. The van der Waals surface area contributed by atoms with E-state index >= 15 is 0 Å². The first kappa shape index (κ1) is 18.7. The van der Waals surface area contributed by atoms with Crippen LogP contribution in [0, 0.1) is 13.8 Å². The van der Waals surface area contributed by atoms with Crippen LogP contribution >= 0.6 is 0 Å². The van der Waals surface area contributed by atoms with E-state index in [1.807, 2.05) is 97.1 Å². The third-order valence-electron chi connectivity index (χ3n) is 4.98. The summed E-state index contributed by atoms with van der Waals surface area (Å²) in [5.41, 5.74) is 5.23. The second-order valence-electron chi connectivity index (χ2n) is 7.07. The number of aromatic nitrogens is 4. The van der Waals surface area contributed by atoms with Crippen molar-refractivity contribution in [3.05, 3.63) is 95.6 Å². The zero-order valence-electron chi connectivity index (χ0n) is 16.8. The Labute approximate surface area is 170 Å². The van der Waals surface area contributed by atoms with Crippen molar-refractivity contribution < 1.29 is 4.79 Å². The van der Waals surface area contributed by atoms with E-state index < -0.39 is 0 Å². The number of aryl methyl sites for hydroxylation is 1. The van der Waals surface area contributed by atoms with Crippen LogP contribution in [0.4, 0.5) is 0 Å². The van der Waals surface area contributed by atoms with Gasteiger partial charge in [0.1, 0.15) is 0 Å². The number of carbonyl (C=O) groups is 1. The fourth-order valence-corrected chi connectivity index (χ4v) is 3.48. The summed E-state index contributed by atoms with van der Waals surface area (Å²) in [4.78, 5) is 14.9. The van der Waals surface area contributed by atoms with Gasteiger partial charge in [-0.1, -0.05) is 30.3 Å². The minimum absolute atomic E-state index is 0.0293. The maximum atomic E-state index is 13.1. The van der Waals surface area contributed by atoms with Crippen molar-refractivity contribution in [3.8, 4) is 11.4 Å². The molecule has 0 saturated carbocycles. The molecule has 1 amide bonds. The van der Waals surface area contributed by atoms with Gasteiger partial charge in [-0.25, -0.2) is 9.36 Å². The van der Waals surface area contributed by atoms with E-state index in [9.17, 15) is 4.79 Å². The van der Waals surface area contributed by atoms with E-state index in [-0.39, 0.29) is 5.91 Å². The van der Waals surface area contributed by atoms with E-state index in [1.54, 1.807) is 11.1 Å². The Morgan fingerprint density at radius 1 is 0.966 bits per heavy atom. The number of benzene rings is 2. The molecule has 29 heavy (non-hydrogen) atoms. The highest BCUT2D eigenvalue weighted by Crippen LogP contribution is 2.20. The molecule has 2 aromatic carbocycles. The number of hydrogen-bond acceptors (Lipinski definition) is 3. The third kappa shape index (κ3) is 3.69. The van der Waals surface area contributed by atoms with Crippen LogP contribution in [-0.4, -0.2) is 37.4 Å². The molecule has 4 aromatic rings. The van der Waals surface area contributed by atoms with Crippen LogP contribution in [0.15, 0.2) is 73.1 Å². The molecule has 2 heterocycles. The number of para-hydroxylation sites is 1. The molecule has 4 rings (SSSR count). The Morgan fingerprint density at radius 3 is 2.34 bits per heavy atom. The number of carbonyl (C=O) groups excluding carboxylic acids is 1. The van der Waals surface area contributed by atoms with Gasteiger partial charge in [0, 0.05) is 26.0 Å². The highest BCUT2D eigenvalue weighted by molar-refractivity contribution is 5.96. The Hall–Kier alpha value is -3.67. The van der Waals surface area contributed by atoms with Crippen molar-refractivity contribution in [1.29, 1.82) is 0 Å². The first-order chi connectivity index (χ1) is 14.0. The molecule has 146 valence electrons. The SMILES string of the molecule is Cc1nn(-c2ccccc2)c(C)c1C(=O)N(C)Cc1ccc(-n2cccn2)cc1. The average Bonchev–Trinajstić information content (AvgIpc) is 3.37. The molecule has 0 N–H and O–H groups in total. The second kappa shape index (κ2) is 7.75. The van der Waals surface area contributed by atoms with E-state index in [4.69, 9.17) is 0 Å². The van der Waals surface area contributed by atoms with Gasteiger partial charge >= 0.3 is 0 Å². The highest BCUT2D eigenvalue weighted by Gasteiger charge is 2.22. The molecule has 0 radical (unpaired) electrons. The molecule has 0 atom stereocenters. The number of nitrogens with zero attached hydrogens (tertiary/aromatic N) is 5. The standard InChI is InChI=1S/C23H23N5O/c1-17-22(18(2)28(25-17)21-8-5-4-6-9-21)23(29)26(3)16-19-10-12-20(13-11-19)27-15-7-14-24-27/h4-15H,16H2,1-3H3. The molecule has 0 spiro atoms. The second-order valence-corrected chi connectivity index (χ2v) is 7.07. The average molecular weight is 385 g/mol. The van der Waals surface area contributed by atoms with Crippen molar-refractivity contribution in [1.82, 2.24) is 24.5 Å². The summed E-state index contributed by atoms with van der Waals surface area (Å²) >= 11 is 0. The van der Waals surface area contributed by atoms with Crippen LogP contribution < -0.4 is 0 Å². The summed E-state index contributed by atoms with van der Waals surface area (Å²) in [6.45, 7) is 4.34. The molecule has 0 bridgehead atoms. The predicted molar refractivity (Wildman–Crippen MR) is 112 cm³/mol. The molecule has 0 aliphatic carbocycles. The first-order valence-corrected chi connectivity index (χ1v) is 9.50. The minimum Gasteiger partial charge on any atom is -0.337 e. The lowest BCUT2D eigenvalue weighted by atomic mass is 10.1. The Kier molecular flexibility index (Phi) is 4.99. The van der Waals surface area contributed by atoms with Gasteiger partial charge in [-0.3, -0.25) is 4.79 Å². The zero-order valence-corrected chi connectivity index (χ0v) is 16.8. The lowest BCUT2D eigenvalue weighted by Gasteiger charge is -2.18. The smallest absolute Gasteiger partial charge is 0.257 e. The minimum atomic E-state index is -0.0293. The fourth-order valence-electron chi connectivity index (χ4n) is 3.48. The molecule has 0 aliphatic rings. The fraction of sp³-hybridized carbons (Fsp3) is 0.174. The van der Waals surface area contributed by atoms with Crippen molar-refractivity contribution in [3.63, 3.8) is 0 Å². The maximum absolute atomic E-state index is 13.1. The molecule has 6 nitrogen and oxygen atoms in total. The van der Waals surface area contributed by atoms with E-state index in [0.29, 0.717) is 12.1 Å². The molecule has 0 saturated heterocycles. The van der Waals surface area contributed by atoms with Crippen molar-refractivity contribution in [2.75, 3.05) is 7.05 Å². The highest BCUT2D eigenvalue weighted by atomic mass is 16.2. The summed E-state index contributed by atoms with van der Waals surface area (Å²) in [5.74, 6) is -0.0293. The zero-order chi connectivity index (χ0) is 20.4. The Morgan fingerprint density at radius 2 is 1.69 bits per heavy atom. The van der Waals surface area contributed by atoms with Gasteiger partial charge in [0.05, 0.1) is 28.3 Å². The Balaban J connectivity index is 1.53. The Bertz CT molecular complexity index is 1110. The topological polar surface area (TPSA) is 56.0 Å². The monoisotopic (exact) mass is 385 g/mol. The molecular formula is C23H23N5O. The molecule has 6 heteroatoms. The van der Waals surface area contributed by atoms with Gasteiger partial charge in [0.25, 0.3) is 5.91 Å². The molecular weight excluding hydrogens is 362 g/mol. The molecule has 2 aromatic heterocycles. The van der Waals surface area contributed by atoms with Gasteiger partial charge in [0.2, 0.25) is 0 Å². The molecule has 0 aliphatic heterocycles. The molecule has 0 unspecified atom stereocenters. The quantitative estimate of drug-likeness (QED) is 0.523. The number of hydrogen-bond donors (Lipinski definition) is 0. The maximum Gasteiger partial charge on any atom is 0.257 e. The largest absolute Gasteiger partial charge is 0.337 e. The summed E-state index contributed by atoms with van der Waals surface area (Å²) < 4.78 is 3.64. The van der Waals surface area contributed by atoms with Crippen LogP contribution in [0.1, 0.15) is 27.3 Å². The lowest BCUT2D eigenvalue weighted by Crippen LogP contribution is -2.27. The van der Waals surface area contributed by atoms with Gasteiger partial charge in [-0.15, -0.1) is 0 Å². The summed E-state index contributed by atoms with van der Waals surface area (Å²) in [6.07, 6.45) is 3.65. The van der Waals surface area contributed by atoms with Crippen LogP contribution in [-0.2, 0) is 6.54 Å². The third-order valence-corrected chi connectivity index (χ3v) is 4.98. The van der Waals surface area contributed by atoms with Crippen molar-refractivity contribution in [2.45, 2.75) is 20.4 Å². The van der Waals surface area contributed by atoms with E-state index in [2.05, 4.69) is 10.2 Å². The van der Waals surface area contributed by atoms with E-state index in [1.165, 1.54) is 0 Å². The summed E-state index contributed by atoms with van der Waals surface area (Å²) in [6, 6.07) is 19.8. The normalized spacial score (nSPS) is 10.9. The lowest BCUT2D eigenvalue weighted by molar-refractivity contribution is 0.0783. The van der Waals surface area contributed by atoms with Crippen LogP contribution in [0.5, 0.6) is 0 Å². The number of rotatable bonds is 5. The van der Waals surface area contributed by atoms with Gasteiger partial charge in [0.15, 0.2) is 0 Å². The molecule has 0 fully saturated rings.